The maximum atomic E-state index is 12.5. The lowest BCUT2D eigenvalue weighted by Gasteiger charge is -2.39. The Labute approximate surface area is 147 Å². The van der Waals surface area contributed by atoms with E-state index in [9.17, 15) is 14.4 Å². The van der Waals surface area contributed by atoms with Gasteiger partial charge in [0.25, 0.3) is 0 Å². The number of imide groups is 1. The molecule has 0 saturated carbocycles. The molecule has 2 heterocycles. The number of hydrogen-bond donors (Lipinski definition) is 1. The third-order valence-corrected chi connectivity index (χ3v) is 4.98. The van der Waals surface area contributed by atoms with E-state index in [-0.39, 0.29) is 23.8 Å². The molecule has 1 N–H and O–H groups in total. The SMILES string of the molecule is CC(=O)c1ccc(N2CCN([C@@H](C)C(=O)N3CCNC3=O)CC2)cc1. The lowest BCUT2D eigenvalue weighted by Crippen LogP contribution is -2.55. The van der Waals surface area contributed by atoms with Crippen molar-refractivity contribution < 1.29 is 14.4 Å². The van der Waals surface area contributed by atoms with Crippen LogP contribution in [-0.2, 0) is 4.79 Å². The third-order valence-electron chi connectivity index (χ3n) is 4.98. The Morgan fingerprint density at radius 2 is 1.68 bits per heavy atom. The highest BCUT2D eigenvalue weighted by Gasteiger charge is 2.33. The van der Waals surface area contributed by atoms with Crippen LogP contribution in [0.3, 0.4) is 0 Å². The molecule has 0 unspecified atom stereocenters. The number of nitrogens with one attached hydrogen (secondary N) is 1. The Kier molecular flexibility index (Phi) is 5.03. The predicted molar refractivity (Wildman–Crippen MR) is 94.8 cm³/mol. The van der Waals surface area contributed by atoms with Gasteiger partial charge in [-0.15, -0.1) is 0 Å². The molecule has 2 saturated heterocycles. The van der Waals surface area contributed by atoms with Crippen molar-refractivity contribution in [2.45, 2.75) is 19.9 Å². The van der Waals surface area contributed by atoms with Gasteiger partial charge in [0.15, 0.2) is 5.78 Å². The molecule has 25 heavy (non-hydrogen) atoms. The Balaban J connectivity index is 1.56. The first-order valence-corrected chi connectivity index (χ1v) is 8.66. The van der Waals surface area contributed by atoms with Gasteiger partial charge in [-0.25, -0.2) is 4.79 Å². The Hall–Kier alpha value is -2.41. The van der Waals surface area contributed by atoms with Gasteiger partial charge in [0.2, 0.25) is 5.91 Å². The van der Waals surface area contributed by atoms with Gasteiger partial charge in [-0.05, 0) is 38.1 Å². The van der Waals surface area contributed by atoms with Crippen LogP contribution in [0.15, 0.2) is 24.3 Å². The lowest BCUT2D eigenvalue weighted by atomic mass is 10.1. The molecule has 0 aromatic heterocycles. The average Bonchev–Trinajstić information content (AvgIpc) is 3.06. The second-order valence-corrected chi connectivity index (χ2v) is 6.52. The number of rotatable bonds is 4. The molecule has 3 rings (SSSR count). The number of ketones is 1. The Bertz CT molecular complexity index is 665. The van der Waals surface area contributed by atoms with Crippen LogP contribution in [0, 0.1) is 0 Å². The van der Waals surface area contributed by atoms with Crippen LogP contribution in [0.2, 0.25) is 0 Å². The van der Waals surface area contributed by atoms with Gasteiger partial charge in [-0.2, -0.15) is 0 Å². The molecule has 0 spiro atoms. The van der Waals surface area contributed by atoms with Crippen molar-refractivity contribution in [3.63, 3.8) is 0 Å². The number of hydrogen-bond acceptors (Lipinski definition) is 5. The van der Waals surface area contributed by atoms with Crippen molar-refractivity contribution in [1.82, 2.24) is 15.1 Å². The van der Waals surface area contributed by atoms with Gasteiger partial charge in [0.05, 0.1) is 6.04 Å². The van der Waals surface area contributed by atoms with Crippen molar-refractivity contribution in [2.75, 3.05) is 44.2 Å². The molecule has 3 amide bonds. The fraction of sp³-hybridized carbons (Fsp3) is 0.500. The molecule has 2 aliphatic rings. The van der Waals surface area contributed by atoms with E-state index in [4.69, 9.17) is 0 Å². The van der Waals surface area contributed by atoms with E-state index in [1.807, 2.05) is 31.2 Å². The smallest absolute Gasteiger partial charge is 0.324 e. The summed E-state index contributed by atoms with van der Waals surface area (Å²) >= 11 is 0. The summed E-state index contributed by atoms with van der Waals surface area (Å²) in [5.74, 6) is -0.0658. The van der Waals surface area contributed by atoms with Gasteiger partial charge in [0.1, 0.15) is 0 Å². The highest BCUT2D eigenvalue weighted by atomic mass is 16.2. The number of amides is 3. The molecule has 7 heteroatoms. The second-order valence-electron chi connectivity index (χ2n) is 6.52. The summed E-state index contributed by atoms with van der Waals surface area (Å²) in [5.41, 5.74) is 1.80. The normalized spacial score (nSPS) is 19.7. The van der Waals surface area contributed by atoms with Crippen LogP contribution in [0.4, 0.5) is 10.5 Å². The molecule has 134 valence electrons. The topological polar surface area (TPSA) is 73.0 Å². The van der Waals surface area contributed by atoms with Gasteiger partial charge in [0, 0.05) is 50.5 Å². The third kappa shape index (κ3) is 3.66. The van der Waals surface area contributed by atoms with Crippen LogP contribution in [0.1, 0.15) is 24.2 Å². The summed E-state index contributed by atoms with van der Waals surface area (Å²) in [6, 6.07) is 7.04. The number of carbonyl (C=O) groups excluding carboxylic acids is 3. The molecule has 0 radical (unpaired) electrons. The molecule has 2 aliphatic heterocycles. The minimum atomic E-state index is -0.300. The monoisotopic (exact) mass is 344 g/mol. The fourth-order valence-corrected chi connectivity index (χ4v) is 3.34. The van der Waals surface area contributed by atoms with Crippen molar-refractivity contribution in [3.8, 4) is 0 Å². The first-order chi connectivity index (χ1) is 12.0. The molecule has 2 fully saturated rings. The maximum Gasteiger partial charge on any atom is 0.324 e. The minimum Gasteiger partial charge on any atom is -0.369 e. The number of benzene rings is 1. The van der Waals surface area contributed by atoms with Crippen LogP contribution >= 0.6 is 0 Å². The number of Topliss-reactive ketones (excluding diaryl/α,β-unsaturated/α-hetero) is 1. The minimum absolute atomic E-state index is 0.0645. The van der Waals surface area contributed by atoms with Crippen LogP contribution < -0.4 is 10.2 Å². The second kappa shape index (κ2) is 7.23. The standard InChI is InChI=1S/C18H24N4O3/c1-13(17(24)22-8-7-19-18(22)25)20-9-11-21(12-10-20)16-5-3-15(4-6-16)14(2)23/h3-6,13H,7-12H2,1-2H3,(H,19,25)/t13-/m0/s1. The summed E-state index contributed by atoms with van der Waals surface area (Å²) in [5, 5.41) is 2.66. The summed E-state index contributed by atoms with van der Waals surface area (Å²) < 4.78 is 0. The summed E-state index contributed by atoms with van der Waals surface area (Å²) in [7, 11) is 0. The van der Waals surface area contributed by atoms with E-state index in [2.05, 4.69) is 15.1 Å². The van der Waals surface area contributed by atoms with Gasteiger partial charge >= 0.3 is 6.03 Å². The Morgan fingerprint density at radius 1 is 1.04 bits per heavy atom. The highest BCUT2D eigenvalue weighted by Crippen LogP contribution is 2.19. The number of piperazine rings is 1. The van der Waals surface area contributed by atoms with E-state index >= 15 is 0 Å². The molecular formula is C18H24N4O3. The predicted octanol–water partition coefficient (Wildman–Crippen LogP) is 0.952. The number of nitrogens with zero attached hydrogens (tertiary/aromatic N) is 3. The molecule has 7 nitrogen and oxygen atoms in total. The molecule has 1 atom stereocenters. The van der Waals surface area contributed by atoms with E-state index < -0.39 is 0 Å². The summed E-state index contributed by atoms with van der Waals surface area (Å²) in [6.45, 7) is 7.55. The van der Waals surface area contributed by atoms with Crippen molar-refractivity contribution >= 4 is 23.4 Å². The fourth-order valence-electron chi connectivity index (χ4n) is 3.34. The zero-order valence-electron chi connectivity index (χ0n) is 14.7. The molecule has 1 aromatic rings. The number of urea groups is 1. The van der Waals surface area contributed by atoms with Crippen LogP contribution in [0.25, 0.3) is 0 Å². The van der Waals surface area contributed by atoms with Gasteiger partial charge < -0.3 is 10.2 Å². The van der Waals surface area contributed by atoms with Crippen molar-refractivity contribution in [2.24, 2.45) is 0 Å². The highest BCUT2D eigenvalue weighted by molar-refractivity contribution is 5.98. The maximum absolute atomic E-state index is 12.5. The zero-order chi connectivity index (χ0) is 18.0. The van der Waals surface area contributed by atoms with Crippen LogP contribution in [0.5, 0.6) is 0 Å². The molecular weight excluding hydrogens is 320 g/mol. The van der Waals surface area contributed by atoms with Crippen molar-refractivity contribution in [1.29, 1.82) is 0 Å². The summed E-state index contributed by atoms with van der Waals surface area (Å²) in [4.78, 5) is 41.2. The molecule has 1 aromatic carbocycles. The van der Waals surface area contributed by atoms with E-state index in [0.29, 0.717) is 18.7 Å². The van der Waals surface area contributed by atoms with E-state index in [1.165, 1.54) is 4.90 Å². The van der Waals surface area contributed by atoms with Crippen molar-refractivity contribution in [3.05, 3.63) is 29.8 Å². The molecule has 0 bridgehead atoms. The molecule has 0 aliphatic carbocycles. The number of anilines is 1. The van der Waals surface area contributed by atoms with Crippen LogP contribution in [-0.4, -0.2) is 72.8 Å². The average molecular weight is 344 g/mol. The van der Waals surface area contributed by atoms with E-state index in [0.717, 1.165) is 31.9 Å². The zero-order valence-corrected chi connectivity index (χ0v) is 14.7. The first kappa shape index (κ1) is 17.4. The summed E-state index contributed by atoms with van der Waals surface area (Å²) in [6.07, 6.45) is 0. The lowest BCUT2D eigenvalue weighted by molar-refractivity contribution is -0.132. The van der Waals surface area contributed by atoms with E-state index in [1.54, 1.807) is 6.92 Å². The Morgan fingerprint density at radius 3 is 2.20 bits per heavy atom. The first-order valence-electron chi connectivity index (χ1n) is 8.66. The quantitative estimate of drug-likeness (QED) is 0.824. The van der Waals surface area contributed by atoms with Gasteiger partial charge in [-0.1, -0.05) is 0 Å². The number of carbonyl (C=O) groups is 3. The largest absolute Gasteiger partial charge is 0.369 e. The van der Waals surface area contributed by atoms with Gasteiger partial charge in [-0.3, -0.25) is 19.4 Å².